The van der Waals surface area contributed by atoms with E-state index in [9.17, 15) is 9.59 Å². The van der Waals surface area contributed by atoms with Crippen LogP contribution in [0.5, 0.6) is 0 Å². The van der Waals surface area contributed by atoms with Crippen LogP contribution in [-0.2, 0) is 9.59 Å². The summed E-state index contributed by atoms with van der Waals surface area (Å²) in [7, 11) is 0. The Morgan fingerprint density at radius 1 is 1.44 bits per heavy atom. The van der Waals surface area contributed by atoms with Crippen molar-refractivity contribution in [3.05, 3.63) is 35.4 Å². The standard InChI is InChI=1S/C14H15NO3/c1-10-4-6-12(15-8-2-3-13(15)16)9-11(10)5-7-14(17)18/h4-7,9H,2-3,8H2,1H3,(H,17,18). The summed E-state index contributed by atoms with van der Waals surface area (Å²) in [4.78, 5) is 23.9. The number of carbonyl (C=O) groups is 2. The van der Waals surface area contributed by atoms with Crippen LogP contribution in [0.3, 0.4) is 0 Å². The third kappa shape index (κ3) is 2.59. The van der Waals surface area contributed by atoms with Crippen molar-refractivity contribution >= 4 is 23.6 Å². The lowest BCUT2D eigenvalue weighted by Gasteiger charge is -2.16. The van der Waals surface area contributed by atoms with Crippen LogP contribution in [0, 0.1) is 6.92 Å². The van der Waals surface area contributed by atoms with E-state index in [2.05, 4.69) is 0 Å². The lowest BCUT2D eigenvalue weighted by Crippen LogP contribution is -2.23. The molecule has 1 amide bonds. The molecule has 1 aliphatic heterocycles. The zero-order valence-electron chi connectivity index (χ0n) is 10.2. The first-order chi connectivity index (χ1) is 8.58. The molecular formula is C14H15NO3. The predicted molar refractivity (Wildman–Crippen MR) is 69.4 cm³/mol. The maximum Gasteiger partial charge on any atom is 0.328 e. The van der Waals surface area contributed by atoms with Crippen molar-refractivity contribution in [3.63, 3.8) is 0 Å². The van der Waals surface area contributed by atoms with E-state index < -0.39 is 5.97 Å². The molecule has 1 aromatic carbocycles. The van der Waals surface area contributed by atoms with Crippen molar-refractivity contribution in [2.75, 3.05) is 11.4 Å². The number of hydrogen-bond acceptors (Lipinski definition) is 2. The number of carboxylic acids is 1. The number of hydrogen-bond donors (Lipinski definition) is 1. The molecule has 2 rings (SSSR count). The van der Waals surface area contributed by atoms with Crippen molar-refractivity contribution in [2.45, 2.75) is 19.8 Å². The molecule has 0 bridgehead atoms. The van der Waals surface area contributed by atoms with Gasteiger partial charge in [-0.15, -0.1) is 0 Å². The summed E-state index contributed by atoms with van der Waals surface area (Å²) in [6.07, 6.45) is 4.14. The fraction of sp³-hybridized carbons (Fsp3) is 0.286. The van der Waals surface area contributed by atoms with E-state index in [0.29, 0.717) is 6.42 Å². The Balaban J connectivity index is 2.31. The Kier molecular flexibility index (Phi) is 3.46. The monoisotopic (exact) mass is 245 g/mol. The van der Waals surface area contributed by atoms with Gasteiger partial charge in [0, 0.05) is 24.7 Å². The van der Waals surface area contributed by atoms with E-state index in [4.69, 9.17) is 5.11 Å². The van der Waals surface area contributed by atoms with Crippen LogP contribution >= 0.6 is 0 Å². The van der Waals surface area contributed by atoms with Gasteiger partial charge in [0.05, 0.1) is 0 Å². The Bertz CT molecular complexity index is 520. The van der Waals surface area contributed by atoms with Crippen LogP contribution in [0.4, 0.5) is 5.69 Å². The van der Waals surface area contributed by atoms with Gasteiger partial charge in [0.2, 0.25) is 5.91 Å². The molecule has 1 N–H and O–H groups in total. The number of rotatable bonds is 3. The Hall–Kier alpha value is -2.10. The predicted octanol–water partition coefficient (Wildman–Crippen LogP) is 2.22. The second kappa shape index (κ2) is 5.04. The maximum atomic E-state index is 11.7. The lowest BCUT2D eigenvalue weighted by atomic mass is 10.1. The van der Waals surface area contributed by atoms with E-state index in [-0.39, 0.29) is 5.91 Å². The van der Waals surface area contributed by atoms with E-state index in [0.717, 1.165) is 35.9 Å². The lowest BCUT2D eigenvalue weighted by molar-refractivity contribution is -0.131. The third-order valence-electron chi connectivity index (χ3n) is 3.05. The first-order valence-electron chi connectivity index (χ1n) is 5.90. The summed E-state index contributed by atoms with van der Waals surface area (Å²) in [5.41, 5.74) is 2.66. The fourth-order valence-corrected chi connectivity index (χ4v) is 2.06. The minimum Gasteiger partial charge on any atom is -0.478 e. The molecule has 0 aromatic heterocycles. The molecule has 4 heteroatoms. The zero-order valence-corrected chi connectivity index (χ0v) is 10.2. The molecule has 1 fully saturated rings. The molecule has 0 saturated carbocycles. The molecule has 0 radical (unpaired) electrons. The van der Waals surface area contributed by atoms with Gasteiger partial charge < -0.3 is 10.0 Å². The van der Waals surface area contributed by atoms with Gasteiger partial charge in [-0.05, 0) is 42.7 Å². The first-order valence-corrected chi connectivity index (χ1v) is 5.90. The Labute approximate surface area is 106 Å². The Morgan fingerprint density at radius 2 is 2.22 bits per heavy atom. The second-order valence-electron chi connectivity index (χ2n) is 4.36. The van der Waals surface area contributed by atoms with Crippen molar-refractivity contribution < 1.29 is 14.7 Å². The second-order valence-corrected chi connectivity index (χ2v) is 4.36. The van der Waals surface area contributed by atoms with Gasteiger partial charge in [0.1, 0.15) is 0 Å². The molecule has 0 spiro atoms. The minimum absolute atomic E-state index is 0.131. The topological polar surface area (TPSA) is 57.6 Å². The highest BCUT2D eigenvalue weighted by Crippen LogP contribution is 2.24. The van der Waals surface area contributed by atoms with Gasteiger partial charge >= 0.3 is 5.97 Å². The van der Waals surface area contributed by atoms with Gasteiger partial charge in [-0.2, -0.15) is 0 Å². The van der Waals surface area contributed by atoms with Gasteiger partial charge in [0.25, 0.3) is 0 Å². The Morgan fingerprint density at radius 3 is 2.83 bits per heavy atom. The SMILES string of the molecule is Cc1ccc(N2CCCC2=O)cc1C=CC(=O)O. The van der Waals surface area contributed by atoms with E-state index in [1.165, 1.54) is 0 Å². The number of carboxylic acid groups (broad SMARTS) is 1. The number of nitrogens with zero attached hydrogens (tertiary/aromatic N) is 1. The van der Waals surface area contributed by atoms with Gasteiger partial charge in [0.15, 0.2) is 0 Å². The first kappa shape index (κ1) is 12.4. The average Bonchev–Trinajstić information content (AvgIpc) is 2.74. The van der Waals surface area contributed by atoms with Crippen molar-refractivity contribution in [2.24, 2.45) is 0 Å². The summed E-state index contributed by atoms with van der Waals surface area (Å²) < 4.78 is 0. The number of aryl methyl sites for hydroxylation is 1. The summed E-state index contributed by atoms with van der Waals surface area (Å²) in [5, 5.41) is 8.64. The quantitative estimate of drug-likeness (QED) is 0.831. The van der Waals surface area contributed by atoms with Crippen molar-refractivity contribution in [1.82, 2.24) is 0 Å². The number of aliphatic carboxylic acids is 1. The maximum absolute atomic E-state index is 11.7. The average molecular weight is 245 g/mol. The molecule has 4 nitrogen and oxygen atoms in total. The van der Waals surface area contributed by atoms with E-state index in [1.807, 2.05) is 25.1 Å². The number of benzene rings is 1. The highest BCUT2D eigenvalue weighted by molar-refractivity contribution is 5.95. The van der Waals surface area contributed by atoms with Crippen molar-refractivity contribution in [1.29, 1.82) is 0 Å². The van der Waals surface area contributed by atoms with Crippen LogP contribution in [0.15, 0.2) is 24.3 Å². The molecule has 0 atom stereocenters. The van der Waals surface area contributed by atoms with Crippen LogP contribution in [0.25, 0.3) is 6.08 Å². The smallest absolute Gasteiger partial charge is 0.328 e. The molecule has 0 aliphatic carbocycles. The molecule has 18 heavy (non-hydrogen) atoms. The van der Waals surface area contributed by atoms with Gasteiger partial charge in [-0.1, -0.05) is 6.07 Å². The summed E-state index contributed by atoms with van der Waals surface area (Å²) in [5.74, 6) is -0.843. The normalized spacial score (nSPS) is 15.6. The molecule has 1 heterocycles. The summed E-state index contributed by atoms with van der Waals surface area (Å²) in [6.45, 7) is 2.65. The minimum atomic E-state index is -0.975. The molecule has 0 unspecified atom stereocenters. The van der Waals surface area contributed by atoms with Crippen LogP contribution in [0.2, 0.25) is 0 Å². The van der Waals surface area contributed by atoms with Crippen LogP contribution in [0.1, 0.15) is 24.0 Å². The highest BCUT2D eigenvalue weighted by atomic mass is 16.4. The molecule has 1 aromatic rings. The van der Waals surface area contributed by atoms with Crippen molar-refractivity contribution in [3.8, 4) is 0 Å². The number of amides is 1. The number of carbonyl (C=O) groups excluding carboxylic acids is 1. The fourth-order valence-electron chi connectivity index (χ4n) is 2.06. The van der Waals surface area contributed by atoms with Gasteiger partial charge in [-0.25, -0.2) is 4.79 Å². The van der Waals surface area contributed by atoms with E-state index >= 15 is 0 Å². The zero-order chi connectivity index (χ0) is 13.1. The molecule has 1 saturated heterocycles. The summed E-state index contributed by atoms with van der Waals surface area (Å²) in [6, 6.07) is 5.66. The largest absolute Gasteiger partial charge is 0.478 e. The highest BCUT2D eigenvalue weighted by Gasteiger charge is 2.21. The van der Waals surface area contributed by atoms with E-state index in [1.54, 1.807) is 11.0 Å². The molecule has 1 aliphatic rings. The van der Waals surface area contributed by atoms with Gasteiger partial charge in [-0.3, -0.25) is 4.79 Å². The van der Waals surface area contributed by atoms with Crippen LogP contribution in [-0.4, -0.2) is 23.5 Å². The molecule has 94 valence electrons. The number of anilines is 1. The third-order valence-corrected chi connectivity index (χ3v) is 3.05. The summed E-state index contributed by atoms with van der Waals surface area (Å²) >= 11 is 0. The van der Waals surface area contributed by atoms with Crippen LogP contribution < -0.4 is 4.90 Å². The molecular weight excluding hydrogens is 230 g/mol.